The maximum absolute atomic E-state index is 7.75. The first-order valence-electron chi connectivity index (χ1n) is 4.62. The van der Waals surface area contributed by atoms with Crippen LogP contribution in [-0.4, -0.2) is 0 Å². The summed E-state index contributed by atoms with van der Waals surface area (Å²) in [5.41, 5.74) is 12.6. The molecule has 0 aliphatic heterocycles. The van der Waals surface area contributed by atoms with Crippen molar-refractivity contribution in [3.05, 3.63) is 34.6 Å². The van der Waals surface area contributed by atoms with E-state index in [0.717, 1.165) is 12.1 Å². The van der Waals surface area contributed by atoms with Crippen molar-refractivity contribution in [3.8, 4) is 0 Å². The third-order valence-electron chi connectivity index (χ3n) is 2.77. The molecule has 0 heterocycles. The van der Waals surface area contributed by atoms with Gasteiger partial charge in [0.15, 0.2) is 0 Å². The Balaban J connectivity index is 0.000000845. The van der Waals surface area contributed by atoms with E-state index in [9.17, 15) is 0 Å². The van der Waals surface area contributed by atoms with Gasteiger partial charge in [0.05, 0.1) is 0 Å². The molecule has 0 saturated carbocycles. The average Bonchev–Trinajstić information content (AvgIpc) is 2.12. The van der Waals surface area contributed by atoms with E-state index in [2.05, 4.69) is 13.0 Å². The molecule has 2 rings (SSSR count). The SMILES string of the molecule is Cc1ccc([NH-])c2c1CCCC2.[Ac]. The summed E-state index contributed by atoms with van der Waals surface area (Å²) in [6.45, 7) is 2.16. The summed E-state index contributed by atoms with van der Waals surface area (Å²) in [5, 5.41) is 0. The zero-order chi connectivity index (χ0) is 8.55. The van der Waals surface area contributed by atoms with Crippen LogP contribution in [0.25, 0.3) is 5.73 Å². The normalized spacial score (nSPS) is 14.5. The molecular formula is C11H14AcN-. The molecule has 0 atom stereocenters. The maximum Gasteiger partial charge on any atom is 0 e. The van der Waals surface area contributed by atoms with Crippen molar-refractivity contribution in [2.24, 2.45) is 0 Å². The van der Waals surface area contributed by atoms with E-state index >= 15 is 0 Å². The molecule has 0 fully saturated rings. The third kappa shape index (κ3) is 2.28. The molecular weight excluding hydrogens is 373 g/mol. The number of fused-ring (bicyclic) bond motifs is 1. The van der Waals surface area contributed by atoms with Crippen molar-refractivity contribution >= 4 is 5.69 Å². The maximum atomic E-state index is 7.75. The Bertz CT molecular complexity index is 276. The van der Waals surface area contributed by atoms with E-state index < -0.39 is 0 Å². The van der Waals surface area contributed by atoms with Gasteiger partial charge in [-0.05, 0) is 43.7 Å². The van der Waals surface area contributed by atoms with Gasteiger partial charge in [-0.25, -0.2) is 0 Å². The Labute approximate surface area is 116 Å². The number of rotatable bonds is 0. The summed E-state index contributed by atoms with van der Waals surface area (Å²) in [6.07, 6.45) is 4.88. The number of nitrogens with one attached hydrogen (secondary N) is 1. The third-order valence-corrected chi connectivity index (χ3v) is 2.77. The second-order valence-electron chi connectivity index (χ2n) is 3.59. The smallest absolute Gasteiger partial charge is 0 e. The quantitative estimate of drug-likeness (QED) is 0.650. The van der Waals surface area contributed by atoms with Crippen molar-refractivity contribution in [1.82, 2.24) is 0 Å². The van der Waals surface area contributed by atoms with Crippen LogP contribution in [0.15, 0.2) is 12.1 Å². The van der Waals surface area contributed by atoms with E-state index in [4.69, 9.17) is 5.73 Å². The van der Waals surface area contributed by atoms with E-state index in [1.54, 1.807) is 0 Å². The first kappa shape index (κ1) is 11.5. The summed E-state index contributed by atoms with van der Waals surface area (Å²) in [6, 6.07) is 4.01. The number of hydrogen-bond donors (Lipinski definition) is 0. The molecule has 0 aromatic heterocycles. The fourth-order valence-electron chi connectivity index (χ4n) is 2.05. The molecule has 0 amide bonds. The fraction of sp³-hybridized carbons (Fsp3) is 0.455. The molecule has 1 N–H and O–H groups in total. The van der Waals surface area contributed by atoms with Crippen LogP contribution in [0.2, 0.25) is 0 Å². The van der Waals surface area contributed by atoms with Crippen LogP contribution in [0.3, 0.4) is 0 Å². The summed E-state index contributed by atoms with van der Waals surface area (Å²) >= 11 is 0. The molecule has 0 saturated heterocycles. The number of benzene rings is 1. The van der Waals surface area contributed by atoms with Crippen molar-refractivity contribution in [2.45, 2.75) is 32.6 Å². The molecule has 1 aromatic rings. The van der Waals surface area contributed by atoms with Gasteiger partial charge in [-0.2, -0.15) is 0 Å². The Hall–Kier alpha value is 0.462. The van der Waals surface area contributed by atoms with Gasteiger partial charge in [0.2, 0.25) is 0 Å². The standard InChI is InChI=1S/C11H14N.Ac/c1-8-6-7-11(12)10-5-3-2-4-9(8)10;/h6-7,12H,2-5H2,1H3;/q-1;. The van der Waals surface area contributed by atoms with Gasteiger partial charge in [-0.1, -0.05) is 17.7 Å². The van der Waals surface area contributed by atoms with Crippen LogP contribution < -0.4 is 0 Å². The van der Waals surface area contributed by atoms with Gasteiger partial charge < -0.3 is 5.73 Å². The average molecular weight is 387 g/mol. The van der Waals surface area contributed by atoms with Crippen LogP contribution in [-0.2, 0) is 12.8 Å². The van der Waals surface area contributed by atoms with Crippen molar-refractivity contribution in [1.29, 1.82) is 0 Å². The van der Waals surface area contributed by atoms with Crippen LogP contribution in [0, 0.1) is 51.0 Å². The Morgan fingerprint density at radius 2 is 1.69 bits per heavy atom. The van der Waals surface area contributed by atoms with Crippen LogP contribution in [0.4, 0.5) is 5.69 Å². The summed E-state index contributed by atoms with van der Waals surface area (Å²) in [4.78, 5) is 0. The van der Waals surface area contributed by atoms with E-state index in [1.807, 2.05) is 6.07 Å². The van der Waals surface area contributed by atoms with E-state index in [0.29, 0.717) is 0 Å². The minimum Gasteiger partial charge on any atom is -0.698 e. The zero-order valence-corrected chi connectivity index (χ0v) is 12.8. The van der Waals surface area contributed by atoms with Crippen LogP contribution in [0.1, 0.15) is 29.5 Å². The minimum atomic E-state index is 0. The Morgan fingerprint density at radius 3 is 2.31 bits per heavy atom. The molecule has 67 valence electrons. The molecule has 1 aromatic carbocycles. The van der Waals surface area contributed by atoms with Crippen molar-refractivity contribution < 1.29 is 44.1 Å². The van der Waals surface area contributed by atoms with Gasteiger partial charge in [0.25, 0.3) is 0 Å². The van der Waals surface area contributed by atoms with Gasteiger partial charge in [0, 0.05) is 44.1 Å². The second kappa shape index (κ2) is 4.80. The first-order valence-corrected chi connectivity index (χ1v) is 4.62. The molecule has 1 aliphatic rings. The molecule has 0 unspecified atom stereocenters. The molecule has 2 heteroatoms. The molecule has 13 heavy (non-hydrogen) atoms. The molecule has 1 radical (unpaired) electrons. The Morgan fingerprint density at radius 1 is 1.08 bits per heavy atom. The second-order valence-corrected chi connectivity index (χ2v) is 3.59. The van der Waals surface area contributed by atoms with Gasteiger partial charge in [0.1, 0.15) is 0 Å². The van der Waals surface area contributed by atoms with E-state index in [1.165, 1.54) is 36.0 Å². The zero-order valence-electron chi connectivity index (χ0n) is 8.06. The number of aryl methyl sites for hydroxylation is 1. The Kier molecular flexibility index (Phi) is 4.26. The largest absolute Gasteiger partial charge is 0.698 e. The van der Waals surface area contributed by atoms with E-state index in [-0.39, 0.29) is 44.1 Å². The first-order chi connectivity index (χ1) is 5.79. The molecule has 1 nitrogen and oxygen atoms in total. The molecule has 0 bridgehead atoms. The van der Waals surface area contributed by atoms with Gasteiger partial charge >= 0.3 is 0 Å². The predicted molar refractivity (Wildman–Crippen MR) is 51.8 cm³/mol. The van der Waals surface area contributed by atoms with Crippen LogP contribution in [0.5, 0.6) is 0 Å². The van der Waals surface area contributed by atoms with Crippen molar-refractivity contribution in [2.75, 3.05) is 0 Å². The number of hydrogen-bond acceptors (Lipinski definition) is 0. The molecule has 0 spiro atoms. The van der Waals surface area contributed by atoms with Gasteiger partial charge in [-0.15, -0.1) is 5.69 Å². The molecule has 1 aliphatic carbocycles. The summed E-state index contributed by atoms with van der Waals surface area (Å²) < 4.78 is 0. The van der Waals surface area contributed by atoms with Gasteiger partial charge in [-0.3, -0.25) is 0 Å². The fourth-order valence-corrected chi connectivity index (χ4v) is 2.05. The summed E-state index contributed by atoms with van der Waals surface area (Å²) in [5.74, 6) is 0. The van der Waals surface area contributed by atoms with Crippen LogP contribution >= 0.6 is 0 Å². The van der Waals surface area contributed by atoms with Crippen molar-refractivity contribution in [3.63, 3.8) is 0 Å². The monoisotopic (exact) mass is 387 g/mol. The predicted octanol–water partition coefficient (Wildman–Crippen LogP) is 3.56. The minimum absolute atomic E-state index is 0. The summed E-state index contributed by atoms with van der Waals surface area (Å²) in [7, 11) is 0. The topological polar surface area (TPSA) is 23.8 Å².